The third-order valence-electron chi connectivity index (χ3n) is 4.44. The number of carbonyl (C=O) groups is 1. The van der Waals surface area contributed by atoms with Crippen LogP contribution in [-0.2, 0) is 14.3 Å². The van der Waals surface area contributed by atoms with Crippen LogP contribution in [0.2, 0.25) is 0 Å². The first kappa shape index (κ1) is 24.9. The van der Waals surface area contributed by atoms with Crippen molar-refractivity contribution in [3.8, 4) is 94.7 Å². The first-order valence-corrected chi connectivity index (χ1v) is 9.77. The van der Waals surface area contributed by atoms with Gasteiger partial charge in [-0.05, 0) is 114 Å². The minimum Gasteiger partial charge on any atom is -0.456 e. The van der Waals surface area contributed by atoms with E-state index in [0.29, 0.717) is 24.4 Å². The molecule has 1 heterocycles. The van der Waals surface area contributed by atoms with E-state index in [1.165, 1.54) is 0 Å². The van der Waals surface area contributed by atoms with Gasteiger partial charge < -0.3 is 9.47 Å². The molecule has 152 valence electrons. The van der Waals surface area contributed by atoms with Gasteiger partial charge in [-0.25, -0.2) is 4.79 Å². The van der Waals surface area contributed by atoms with Crippen molar-refractivity contribution in [1.29, 1.82) is 0 Å². The average molecular weight is 406 g/mol. The van der Waals surface area contributed by atoms with Gasteiger partial charge in [0.2, 0.25) is 0 Å². The predicted molar refractivity (Wildman–Crippen MR) is 121 cm³/mol. The summed E-state index contributed by atoms with van der Waals surface area (Å²) in [5.74, 6) is 40.7. The molecule has 0 aromatic rings. The van der Waals surface area contributed by atoms with Crippen molar-refractivity contribution in [2.24, 2.45) is 17.8 Å². The Balaban J connectivity index is 2.32. The molecule has 0 radical (unpaired) electrons. The molecule has 0 aromatic carbocycles. The van der Waals surface area contributed by atoms with Gasteiger partial charge in [0.05, 0.1) is 12.7 Å². The SMILES string of the molecule is CC#CC#CC#CC#CC#CC#CC#CC#CC(=O)OCCC(C)C1OCC(C)C1C. The third-order valence-corrected chi connectivity index (χ3v) is 4.44. The summed E-state index contributed by atoms with van der Waals surface area (Å²) >= 11 is 0. The summed E-state index contributed by atoms with van der Waals surface area (Å²) in [4.78, 5) is 11.6. The first-order chi connectivity index (χ1) is 15.1. The van der Waals surface area contributed by atoms with E-state index in [1.54, 1.807) is 6.92 Å². The van der Waals surface area contributed by atoms with Gasteiger partial charge in [0, 0.05) is 12.5 Å². The zero-order valence-corrected chi connectivity index (χ0v) is 18.2. The second kappa shape index (κ2) is 15.8. The molecule has 0 bridgehead atoms. The minimum absolute atomic E-state index is 0.214. The number of rotatable bonds is 4. The van der Waals surface area contributed by atoms with Crippen LogP contribution >= 0.6 is 0 Å². The van der Waals surface area contributed by atoms with Gasteiger partial charge in [0.1, 0.15) is 0 Å². The number of ether oxygens (including phenoxy) is 2. The molecule has 4 unspecified atom stereocenters. The Morgan fingerprint density at radius 3 is 1.81 bits per heavy atom. The highest BCUT2D eigenvalue weighted by Gasteiger charge is 2.34. The lowest BCUT2D eigenvalue weighted by molar-refractivity contribution is -0.137. The zero-order chi connectivity index (χ0) is 22.7. The van der Waals surface area contributed by atoms with Crippen LogP contribution in [0.25, 0.3) is 0 Å². The molecule has 0 aliphatic carbocycles. The molecule has 1 aliphatic rings. The fourth-order valence-corrected chi connectivity index (χ4v) is 2.63. The van der Waals surface area contributed by atoms with Gasteiger partial charge in [-0.1, -0.05) is 26.7 Å². The zero-order valence-electron chi connectivity index (χ0n) is 18.2. The van der Waals surface area contributed by atoms with Crippen molar-refractivity contribution in [2.45, 2.75) is 40.2 Å². The topological polar surface area (TPSA) is 35.5 Å². The molecule has 0 aromatic heterocycles. The van der Waals surface area contributed by atoms with Crippen molar-refractivity contribution in [2.75, 3.05) is 13.2 Å². The maximum Gasteiger partial charge on any atom is 0.385 e. The van der Waals surface area contributed by atoms with Gasteiger partial charge in [-0.2, -0.15) is 0 Å². The summed E-state index contributed by atoms with van der Waals surface area (Å²) in [6.45, 7) is 9.31. The fourth-order valence-electron chi connectivity index (χ4n) is 2.63. The highest BCUT2D eigenvalue weighted by atomic mass is 16.5. The molecule has 0 spiro atoms. The molecular formula is C28H22O3. The minimum atomic E-state index is -0.606. The van der Waals surface area contributed by atoms with Crippen LogP contribution in [0.4, 0.5) is 0 Å². The van der Waals surface area contributed by atoms with Crippen LogP contribution in [0.15, 0.2) is 0 Å². The summed E-state index contributed by atoms with van der Waals surface area (Å²) in [6, 6.07) is 0. The maximum atomic E-state index is 11.6. The highest BCUT2D eigenvalue weighted by Crippen LogP contribution is 2.32. The molecule has 0 amide bonds. The maximum absolute atomic E-state index is 11.6. The van der Waals surface area contributed by atoms with E-state index < -0.39 is 5.97 Å². The van der Waals surface area contributed by atoms with E-state index in [0.717, 1.165) is 13.0 Å². The molecular weight excluding hydrogens is 384 g/mol. The molecule has 3 heteroatoms. The normalized spacial score (nSPS) is 17.9. The van der Waals surface area contributed by atoms with Gasteiger partial charge in [0.15, 0.2) is 0 Å². The van der Waals surface area contributed by atoms with Gasteiger partial charge in [-0.3, -0.25) is 0 Å². The van der Waals surface area contributed by atoms with Gasteiger partial charge >= 0.3 is 5.97 Å². The quantitative estimate of drug-likeness (QED) is 0.408. The predicted octanol–water partition coefficient (Wildman–Crippen LogP) is 2.27. The largest absolute Gasteiger partial charge is 0.456 e. The summed E-state index contributed by atoms with van der Waals surface area (Å²) in [7, 11) is 0. The Morgan fingerprint density at radius 1 is 0.871 bits per heavy atom. The standard InChI is InChI=1S/C28H22O3/c1-5-6-7-8-9-10-11-12-13-14-15-16-17-18-19-20-27(29)30-22-21-24(2)28-26(4)25(3)23-31-28/h24-26,28H,21-23H2,1-4H3. The molecule has 1 aliphatic heterocycles. The van der Waals surface area contributed by atoms with Crippen LogP contribution in [0.3, 0.4) is 0 Å². The van der Waals surface area contributed by atoms with E-state index in [2.05, 4.69) is 115 Å². The summed E-state index contributed by atoms with van der Waals surface area (Å²) in [5, 5.41) is 0. The lowest BCUT2D eigenvalue weighted by atomic mass is 9.86. The number of carbonyl (C=O) groups excluding carboxylic acids is 1. The monoisotopic (exact) mass is 406 g/mol. The first-order valence-electron chi connectivity index (χ1n) is 9.77. The van der Waals surface area contributed by atoms with Gasteiger partial charge in [0.25, 0.3) is 0 Å². The molecule has 31 heavy (non-hydrogen) atoms. The third kappa shape index (κ3) is 11.5. The van der Waals surface area contributed by atoms with Crippen LogP contribution < -0.4 is 0 Å². The van der Waals surface area contributed by atoms with Crippen LogP contribution in [0.1, 0.15) is 34.1 Å². The lowest BCUT2D eigenvalue weighted by Crippen LogP contribution is -2.25. The fraction of sp³-hybridized carbons (Fsp3) is 0.393. The summed E-state index contributed by atoms with van der Waals surface area (Å²) in [5.41, 5.74) is 0. The summed E-state index contributed by atoms with van der Waals surface area (Å²) < 4.78 is 10.9. The van der Waals surface area contributed by atoms with Crippen LogP contribution in [0.5, 0.6) is 0 Å². The molecule has 1 rings (SSSR count). The molecule has 1 fully saturated rings. The van der Waals surface area contributed by atoms with Crippen molar-refractivity contribution < 1.29 is 14.3 Å². The van der Waals surface area contributed by atoms with Crippen molar-refractivity contribution in [1.82, 2.24) is 0 Å². The second-order valence-corrected chi connectivity index (χ2v) is 6.66. The van der Waals surface area contributed by atoms with Crippen LogP contribution in [-0.4, -0.2) is 25.3 Å². The molecule has 4 atom stereocenters. The Labute approximate surface area is 186 Å². The summed E-state index contributed by atoms with van der Waals surface area (Å²) in [6.07, 6.45) is 0.951. The Kier molecular flexibility index (Phi) is 12.7. The number of esters is 1. The van der Waals surface area contributed by atoms with Crippen molar-refractivity contribution >= 4 is 5.97 Å². The molecule has 1 saturated heterocycles. The Bertz CT molecular complexity index is 1140. The highest BCUT2D eigenvalue weighted by molar-refractivity contribution is 5.89. The number of hydrogen-bond acceptors (Lipinski definition) is 3. The van der Waals surface area contributed by atoms with E-state index in [-0.39, 0.29) is 6.10 Å². The smallest absolute Gasteiger partial charge is 0.385 e. The van der Waals surface area contributed by atoms with Crippen LogP contribution in [0, 0.1) is 112 Å². The average Bonchev–Trinajstić information content (AvgIpc) is 3.09. The van der Waals surface area contributed by atoms with E-state index in [1.807, 2.05) is 0 Å². The van der Waals surface area contributed by atoms with Crippen molar-refractivity contribution in [3.63, 3.8) is 0 Å². The number of hydrogen-bond donors (Lipinski definition) is 0. The molecule has 3 nitrogen and oxygen atoms in total. The van der Waals surface area contributed by atoms with Crippen molar-refractivity contribution in [3.05, 3.63) is 0 Å². The van der Waals surface area contributed by atoms with Gasteiger partial charge in [-0.15, -0.1) is 0 Å². The Morgan fingerprint density at radius 2 is 1.35 bits per heavy atom. The van der Waals surface area contributed by atoms with E-state index >= 15 is 0 Å². The van der Waals surface area contributed by atoms with E-state index in [9.17, 15) is 4.79 Å². The molecule has 0 N–H and O–H groups in total. The van der Waals surface area contributed by atoms with E-state index in [4.69, 9.17) is 9.47 Å². The second-order valence-electron chi connectivity index (χ2n) is 6.66. The Hall–Kier alpha value is -4.09. The molecule has 0 saturated carbocycles. The lowest BCUT2D eigenvalue weighted by Gasteiger charge is -2.23.